The zero-order chi connectivity index (χ0) is 16.4. The maximum atomic E-state index is 10.9. The molecule has 0 aliphatic rings. The molecule has 0 radical (unpaired) electrons. The first-order valence-electron chi connectivity index (χ1n) is 6.83. The fourth-order valence-corrected chi connectivity index (χ4v) is 2.10. The smallest absolute Gasteiger partial charge is 0.356 e. The van der Waals surface area contributed by atoms with Gasteiger partial charge in [-0.2, -0.15) is 5.10 Å². The van der Waals surface area contributed by atoms with Gasteiger partial charge in [0.25, 0.3) is 0 Å². The summed E-state index contributed by atoms with van der Waals surface area (Å²) in [5, 5.41) is 16.8. The molecular formula is C15H14N4O4. The predicted molar refractivity (Wildman–Crippen MR) is 79.0 cm³/mol. The molecule has 3 rings (SSSR count). The molecule has 0 spiro atoms. The van der Waals surface area contributed by atoms with Crippen LogP contribution in [0.25, 0.3) is 11.4 Å². The minimum Gasteiger partial charge on any atom is -0.476 e. The van der Waals surface area contributed by atoms with E-state index in [9.17, 15) is 4.79 Å². The molecule has 0 saturated carbocycles. The molecule has 3 aromatic heterocycles. The number of carboxylic acids is 1. The molecular weight excluding hydrogens is 300 g/mol. The number of aromatic carboxylic acids is 1. The molecule has 3 aromatic rings. The van der Waals surface area contributed by atoms with Gasteiger partial charge < -0.3 is 14.4 Å². The number of aryl methyl sites for hydroxylation is 2. The standard InChI is InChI=1S/C15H14N4O4/c1-9-10(14(18-23-9)11-5-3-4-6-16-11)8-22-13-7-12(15(20)21)17-19(13)2/h3-7H,8H2,1-2H3,(H,20,21). The Morgan fingerprint density at radius 3 is 2.91 bits per heavy atom. The van der Waals surface area contributed by atoms with Crippen LogP contribution in [0.4, 0.5) is 0 Å². The van der Waals surface area contributed by atoms with Crippen LogP contribution in [0, 0.1) is 6.92 Å². The van der Waals surface area contributed by atoms with Crippen LogP contribution >= 0.6 is 0 Å². The Labute approximate surface area is 131 Å². The Hall–Kier alpha value is -3.16. The van der Waals surface area contributed by atoms with Gasteiger partial charge in [0, 0.05) is 19.3 Å². The quantitative estimate of drug-likeness (QED) is 0.768. The molecule has 8 nitrogen and oxygen atoms in total. The van der Waals surface area contributed by atoms with Crippen molar-refractivity contribution in [2.45, 2.75) is 13.5 Å². The van der Waals surface area contributed by atoms with Gasteiger partial charge in [-0.05, 0) is 19.1 Å². The lowest BCUT2D eigenvalue weighted by atomic mass is 10.1. The lowest BCUT2D eigenvalue weighted by Crippen LogP contribution is -2.03. The van der Waals surface area contributed by atoms with Crippen LogP contribution in [0.3, 0.4) is 0 Å². The maximum absolute atomic E-state index is 10.9. The number of pyridine rings is 1. The molecule has 0 bridgehead atoms. The van der Waals surface area contributed by atoms with Crippen molar-refractivity contribution in [1.29, 1.82) is 0 Å². The van der Waals surface area contributed by atoms with E-state index in [0.717, 1.165) is 5.56 Å². The van der Waals surface area contributed by atoms with Gasteiger partial charge in [0.05, 0.1) is 11.3 Å². The van der Waals surface area contributed by atoms with Gasteiger partial charge in [0.1, 0.15) is 18.1 Å². The third-order valence-electron chi connectivity index (χ3n) is 3.31. The highest BCUT2D eigenvalue weighted by Crippen LogP contribution is 2.25. The van der Waals surface area contributed by atoms with E-state index in [4.69, 9.17) is 14.4 Å². The summed E-state index contributed by atoms with van der Waals surface area (Å²) in [7, 11) is 1.61. The van der Waals surface area contributed by atoms with Gasteiger partial charge >= 0.3 is 5.97 Å². The second-order valence-electron chi connectivity index (χ2n) is 4.87. The third kappa shape index (κ3) is 2.91. The first-order chi connectivity index (χ1) is 11.1. The number of rotatable bonds is 5. The zero-order valence-electron chi connectivity index (χ0n) is 12.6. The number of aromatic nitrogens is 4. The zero-order valence-corrected chi connectivity index (χ0v) is 12.6. The molecule has 0 amide bonds. The van der Waals surface area contributed by atoms with Crippen molar-refractivity contribution in [3.63, 3.8) is 0 Å². The Morgan fingerprint density at radius 1 is 1.43 bits per heavy atom. The summed E-state index contributed by atoms with van der Waals surface area (Å²) in [5.41, 5.74) is 1.96. The SMILES string of the molecule is Cc1onc(-c2ccccn2)c1COc1cc(C(=O)O)nn1C. The first-order valence-corrected chi connectivity index (χ1v) is 6.83. The van der Waals surface area contributed by atoms with Crippen molar-refractivity contribution < 1.29 is 19.2 Å². The van der Waals surface area contributed by atoms with Crippen molar-refractivity contribution in [2.24, 2.45) is 7.05 Å². The normalized spacial score (nSPS) is 10.7. The summed E-state index contributed by atoms with van der Waals surface area (Å²) in [6.07, 6.45) is 1.67. The van der Waals surface area contributed by atoms with E-state index in [1.54, 1.807) is 20.2 Å². The van der Waals surface area contributed by atoms with Gasteiger partial charge in [-0.3, -0.25) is 4.98 Å². The third-order valence-corrected chi connectivity index (χ3v) is 3.31. The minimum atomic E-state index is -1.11. The number of carbonyl (C=O) groups is 1. The van der Waals surface area contributed by atoms with Gasteiger partial charge in [-0.25, -0.2) is 9.48 Å². The topological polar surface area (TPSA) is 103 Å². The van der Waals surface area contributed by atoms with Gasteiger partial charge in [-0.1, -0.05) is 11.2 Å². The lowest BCUT2D eigenvalue weighted by molar-refractivity contribution is 0.0689. The second kappa shape index (κ2) is 5.91. The van der Waals surface area contributed by atoms with E-state index in [-0.39, 0.29) is 12.3 Å². The van der Waals surface area contributed by atoms with Crippen LogP contribution in [-0.4, -0.2) is 31.0 Å². The summed E-state index contributed by atoms with van der Waals surface area (Å²) in [6.45, 7) is 1.95. The fourth-order valence-electron chi connectivity index (χ4n) is 2.10. The van der Waals surface area contributed by atoms with Crippen LogP contribution < -0.4 is 4.74 Å². The molecule has 118 valence electrons. The number of hydrogen-bond donors (Lipinski definition) is 1. The van der Waals surface area contributed by atoms with E-state index in [1.165, 1.54) is 10.7 Å². The van der Waals surface area contributed by atoms with E-state index in [0.29, 0.717) is 23.0 Å². The molecule has 8 heteroatoms. The molecule has 0 unspecified atom stereocenters. The molecule has 0 aliphatic carbocycles. The molecule has 0 saturated heterocycles. The summed E-state index contributed by atoms with van der Waals surface area (Å²) in [5.74, 6) is -0.146. The van der Waals surface area contributed by atoms with E-state index in [2.05, 4.69) is 15.2 Å². The maximum Gasteiger partial charge on any atom is 0.356 e. The van der Waals surface area contributed by atoms with E-state index < -0.39 is 5.97 Å². The second-order valence-corrected chi connectivity index (χ2v) is 4.87. The molecule has 3 heterocycles. The average molecular weight is 314 g/mol. The summed E-state index contributed by atoms with van der Waals surface area (Å²) in [6, 6.07) is 6.87. The Bertz CT molecular complexity index is 839. The van der Waals surface area contributed by atoms with Crippen LogP contribution in [0.5, 0.6) is 5.88 Å². The van der Waals surface area contributed by atoms with E-state index >= 15 is 0 Å². The Morgan fingerprint density at radius 2 is 2.26 bits per heavy atom. The summed E-state index contributed by atoms with van der Waals surface area (Å²) < 4.78 is 12.3. The van der Waals surface area contributed by atoms with Crippen molar-refractivity contribution in [1.82, 2.24) is 19.9 Å². The van der Waals surface area contributed by atoms with Gasteiger partial charge in [0.2, 0.25) is 5.88 Å². The largest absolute Gasteiger partial charge is 0.476 e. The predicted octanol–water partition coefficient (Wildman–Crippen LogP) is 2.06. The highest BCUT2D eigenvalue weighted by molar-refractivity contribution is 5.85. The van der Waals surface area contributed by atoms with Crippen LogP contribution in [0.15, 0.2) is 35.0 Å². The minimum absolute atomic E-state index is 0.0745. The van der Waals surface area contributed by atoms with Crippen LogP contribution in [0.1, 0.15) is 21.8 Å². The highest BCUT2D eigenvalue weighted by Gasteiger charge is 2.18. The first kappa shape index (κ1) is 14.8. The Kier molecular flexibility index (Phi) is 3.80. The number of carboxylic acid groups (broad SMARTS) is 1. The molecule has 1 N–H and O–H groups in total. The molecule has 23 heavy (non-hydrogen) atoms. The number of ether oxygens (including phenoxy) is 1. The number of hydrogen-bond acceptors (Lipinski definition) is 6. The van der Waals surface area contributed by atoms with Crippen molar-refractivity contribution in [3.05, 3.63) is 47.5 Å². The molecule has 0 aliphatic heterocycles. The molecule has 0 aromatic carbocycles. The monoisotopic (exact) mass is 314 g/mol. The molecule has 0 atom stereocenters. The highest BCUT2D eigenvalue weighted by atomic mass is 16.5. The summed E-state index contributed by atoms with van der Waals surface area (Å²) >= 11 is 0. The molecule has 0 fully saturated rings. The Balaban J connectivity index is 1.84. The van der Waals surface area contributed by atoms with Crippen molar-refractivity contribution >= 4 is 5.97 Å². The van der Waals surface area contributed by atoms with Crippen LogP contribution in [0.2, 0.25) is 0 Å². The fraction of sp³-hybridized carbons (Fsp3) is 0.200. The van der Waals surface area contributed by atoms with Gasteiger partial charge in [0.15, 0.2) is 5.69 Å². The van der Waals surface area contributed by atoms with Gasteiger partial charge in [-0.15, -0.1) is 0 Å². The lowest BCUT2D eigenvalue weighted by Gasteiger charge is -2.06. The van der Waals surface area contributed by atoms with Crippen molar-refractivity contribution in [3.8, 4) is 17.3 Å². The summed E-state index contributed by atoms with van der Waals surface area (Å²) in [4.78, 5) is 15.2. The average Bonchev–Trinajstić information content (AvgIpc) is 3.09. The van der Waals surface area contributed by atoms with Crippen LogP contribution in [-0.2, 0) is 13.7 Å². The van der Waals surface area contributed by atoms with E-state index in [1.807, 2.05) is 18.2 Å². The van der Waals surface area contributed by atoms with Crippen molar-refractivity contribution in [2.75, 3.05) is 0 Å². The number of nitrogens with zero attached hydrogens (tertiary/aromatic N) is 4.